The number of aliphatic hydroxyl groups is 1. The molecule has 2 aromatic carbocycles. The molecule has 0 aromatic heterocycles. The van der Waals surface area contributed by atoms with Crippen molar-refractivity contribution in [1.82, 2.24) is 0 Å². The summed E-state index contributed by atoms with van der Waals surface area (Å²) in [5.74, 6) is 0. The van der Waals surface area contributed by atoms with Gasteiger partial charge in [0, 0.05) is 0 Å². The van der Waals surface area contributed by atoms with Crippen molar-refractivity contribution in [2.75, 3.05) is 0 Å². The first kappa shape index (κ1) is 10.7. The molecule has 0 spiro atoms. The summed E-state index contributed by atoms with van der Waals surface area (Å²) in [6.07, 6.45) is 1.58. The van der Waals surface area contributed by atoms with Crippen molar-refractivity contribution in [3.63, 3.8) is 0 Å². The SMILES string of the molecule is C=C=CC(C)(O)c1cccc2ccccc12. The molecule has 0 aliphatic heterocycles. The van der Waals surface area contributed by atoms with Crippen LogP contribution in [-0.2, 0) is 5.60 Å². The van der Waals surface area contributed by atoms with E-state index in [0.717, 1.165) is 16.3 Å². The van der Waals surface area contributed by atoms with Gasteiger partial charge in [-0.2, -0.15) is 0 Å². The lowest BCUT2D eigenvalue weighted by Gasteiger charge is -2.20. The molecule has 16 heavy (non-hydrogen) atoms. The van der Waals surface area contributed by atoms with Gasteiger partial charge in [0.25, 0.3) is 0 Å². The van der Waals surface area contributed by atoms with Gasteiger partial charge < -0.3 is 5.11 Å². The molecule has 1 heteroatoms. The average Bonchev–Trinajstić information content (AvgIpc) is 2.28. The second-order valence-electron chi connectivity index (χ2n) is 4.02. The fourth-order valence-electron chi connectivity index (χ4n) is 1.94. The fraction of sp³-hybridized carbons (Fsp3) is 0.133. The Kier molecular flexibility index (Phi) is 2.66. The molecule has 2 aromatic rings. The predicted octanol–water partition coefficient (Wildman–Crippen LogP) is 3.39. The van der Waals surface area contributed by atoms with E-state index >= 15 is 0 Å². The minimum atomic E-state index is -1.03. The topological polar surface area (TPSA) is 20.2 Å². The Labute approximate surface area is 95.4 Å². The highest BCUT2D eigenvalue weighted by atomic mass is 16.3. The summed E-state index contributed by atoms with van der Waals surface area (Å²) in [5, 5.41) is 12.5. The van der Waals surface area contributed by atoms with Crippen LogP contribution in [0.25, 0.3) is 10.8 Å². The molecule has 0 saturated carbocycles. The first-order valence-electron chi connectivity index (χ1n) is 5.23. The molecule has 0 fully saturated rings. The Hall–Kier alpha value is -1.82. The Balaban J connectivity index is 2.74. The molecule has 0 heterocycles. The Morgan fingerprint density at radius 3 is 2.62 bits per heavy atom. The summed E-state index contributed by atoms with van der Waals surface area (Å²) in [4.78, 5) is 0. The molecule has 0 bridgehead atoms. The highest BCUT2D eigenvalue weighted by Gasteiger charge is 2.21. The van der Waals surface area contributed by atoms with Crippen molar-refractivity contribution in [3.8, 4) is 0 Å². The van der Waals surface area contributed by atoms with Crippen molar-refractivity contribution in [1.29, 1.82) is 0 Å². The van der Waals surface area contributed by atoms with Crippen LogP contribution < -0.4 is 0 Å². The second-order valence-corrected chi connectivity index (χ2v) is 4.02. The van der Waals surface area contributed by atoms with Gasteiger partial charge in [-0.1, -0.05) is 49.0 Å². The zero-order chi connectivity index (χ0) is 11.6. The highest BCUT2D eigenvalue weighted by molar-refractivity contribution is 5.86. The summed E-state index contributed by atoms with van der Waals surface area (Å²) >= 11 is 0. The number of fused-ring (bicyclic) bond motifs is 1. The van der Waals surface area contributed by atoms with Crippen LogP contribution in [0.1, 0.15) is 12.5 Å². The maximum Gasteiger partial charge on any atom is 0.113 e. The molecule has 0 aliphatic rings. The number of hydrogen-bond donors (Lipinski definition) is 1. The van der Waals surface area contributed by atoms with E-state index in [2.05, 4.69) is 12.3 Å². The molecule has 80 valence electrons. The van der Waals surface area contributed by atoms with Crippen LogP contribution in [0, 0.1) is 0 Å². The largest absolute Gasteiger partial charge is 0.381 e. The maximum atomic E-state index is 10.3. The third kappa shape index (κ3) is 1.79. The van der Waals surface area contributed by atoms with Crippen molar-refractivity contribution in [2.24, 2.45) is 0 Å². The van der Waals surface area contributed by atoms with Crippen LogP contribution in [0.2, 0.25) is 0 Å². The third-order valence-electron chi connectivity index (χ3n) is 2.72. The molecular weight excluding hydrogens is 196 g/mol. The smallest absolute Gasteiger partial charge is 0.113 e. The lowest BCUT2D eigenvalue weighted by molar-refractivity contribution is 0.113. The van der Waals surface area contributed by atoms with Gasteiger partial charge in [-0.15, -0.1) is 5.73 Å². The summed E-state index contributed by atoms with van der Waals surface area (Å²) in [6, 6.07) is 13.9. The lowest BCUT2D eigenvalue weighted by atomic mass is 9.91. The maximum absolute atomic E-state index is 10.3. The van der Waals surface area contributed by atoms with Gasteiger partial charge in [0.05, 0.1) is 0 Å². The van der Waals surface area contributed by atoms with Gasteiger partial charge in [0.15, 0.2) is 0 Å². The Morgan fingerprint density at radius 1 is 1.19 bits per heavy atom. The minimum Gasteiger partial charge on any atom is -0.381 e. The van der Waals surface area contributed by atoms with E-state index in [-0.39, 0.29) is 0 Å². The van der Waals surface area contributed by atoms with Crippen molar-refractivity contribution < 1.29 is 5.11 Å². The van der Waals surface area contributed by atoms with Crippen LogP contribution in [0.3, 0.4) is 0 Å². The van der Waals surface area contributed by atoms with Gasteiger partial charge in [0.1, 0.15) is 5.60 Å². The quantitative estimate of drug-likeness (QED) is 0.753. The molecule has 1 unspecified atom stereocenters. The van der Waals surface area contributed by atoms with Crippen LogP contribution in [0.4, 0.5) is 0 Å². The lowest BCUT2D eigenvalue weighted by Crippen LogP contribution is -2.17. The molecule has 1 N–H and O–H groups in total. The van der Waals surface area contributed by atoms with Crippen LogP contribution in [-0.4, -0.2) is 5.11 Å². The minimum absolute atomic E-state index is 0.877. The molecular formula is C15H14O. The summed E-state index contributed by atoms with van der Waals surface area (Å²) in [5.41, 5.74) is 2.50. The molecule has 0 saturated heterocycles. The Bertz CT molecular complexity index is 555. The van der Waals surface area contributed by atoms with Crippen molar-refractivity contribution in [3.05, 3.63) is 66.4 Å². The zero-order valence-electron chi connectivity index (χ0n) is 9.27. The standard InChI is InChI=1S/C15H14O/c1-3-11-15(2,16)14-10-6-8-12-7-4-5-9-13(12)14/h4-11,16H,1H2,2H3. The van der Waals surface area contributed by atoms with Crippen LogP contribution >= 0.6 is 0 Å². The van der Waals surface area contributed by atoms with Gasteiger partial charge in [0.2, 0.25) is 0 Å². The van der Waals surface area contributed by atoms with Crippen molar-refractivity contribution in [2.45, 2.75) is 12.5 Å². The molecule has 2 rings (SSSR count). The number of benzene rings is 2. The van der Waals surface area contributed by atoms with Gasteiger partial charge in [-0.05, 0) is 29.3 Å². The molecule has 1 nitrogen and oxygen atoms in total. The molecule has 0 aliphatic carbocycles. The first-order chi connectivity index (χ1) is 7.65. The fourth-order valence-corrected chi connectivity index (χ4v) is 1.94. The van der Waals surface area contributed by atoms with Crippen molar-refractivity contribution >= 4 is 10.8 Å². The normalized spacial score (nSPS) is 14.1. The molecule has 0 radical (unpaired) electrons. The van der Waals surface area contributed by atoms with E-state index in [0.29, 0.717) is 0 Å². The average molecular weight is 210 g/mol. The highest BCUT2D eigenvalue weighted by Crippen LogP contribution is 2.29. The monoisotopic (exact) mass is 210 g/mol. The van der Waals surface area contributed by atoms with E-state index < -0.39 is 5.60 Å². The van der Waals surface area contributed by atoms with Crippen LogP contribution in [0.15, 0.2) is 60.9 Å². The number of rotatable bonds is 2. The summed E-state index contributed by atoms with van der Waals surface area (Å²) in [7, 11) is 0. The summed E-state index contributed by atoms with van der Waals surface area (Å²) in [6.45, 7) is 5.25. The van der Waals surface area contributed by atoms with Crippen LogP contribution in [0.5, 0.6) is 0 Å². The summed E-state index contributed by atoms with van der Waals surface area (Å²) < 4.78 is 0. The van der Waals surface area contributed by atoms with Gasteiger partial charge >= 0.3 is 0 Å². The molecule has 0 amide bonds. The van der Waals surface area contributed by atoms with E-state index in [1.165, 1.54) is 0 Å². The number of hydrogen-bond acceptors (Lipinski definition) is 1. The second kappa shape index (κ2) is 3.97. The van der Waals surface area contributed by atoms with Gasteiger partial charge in [-0.25, -0.2) is 0 Å². The van der Waals surface area contributed by atoms with E-state index in [4.69, 9.17) is 0 Å². The van der Waals surface area contributed by atoms with E-state index in [1.54, 1.807) is 13.0 Å². The predicted molar refractivity (Wildman–Crippen MR) is 67.2 cm³/mol. The van der Waals surface area contributed by atoms with E-state index in [9.17, 15) is 5.11 Å². The van der Waals surface area contributed by atoms with E-state index in [1.807, 2.05) is 42.5 Å². The zero-order valence-corrected chi connectivity index (χ0v) is 9.27. The third-order valence-corrected chi connectivity index (χ3v) is 2.72. The Morgan fingerprint density at radius 2 is 1.88 bits per heavy atom. The first-order valence-corrected chi connectivity index (χ1v) is 5.23. The van der Waals surface area contributed by atoms with Gasteiger partial charge in [-0.3, -0.25) is 0 Å². The molecule has 1 atom stereocenters.